The van der Waals surface area contributed by atoms with Crippen LogP contribution in [-0.4, -0.2) is 27.8 Å². The summed E-state index contributed by atoms with van der Waals surface area (Å²) in [5.74, 6) is 1.58. The lowest BCUT2D eigenvalue weighted by Crippen LogP contribution is -2.17. The number of pyridine rings is 1. The van der Waals surface area contributed by atoms with E-state index in [9.17, 15) is 4.79 Å². The minimum atomic E-state index is -0.0537. The number of hydrogen-bond donors (Lipinski definition) is 1. The molecule has 2 atom stereocenters. The number of hydrogen-bond acceptors (Lipinski definition) is 4. The molecule has 0 radical (unpaired) electrons. The third kappa shape index (κ3) is 2.98. The maximum Gasteiger partial charge on any atom is 0.228 e. The number of nitrogens with one attached hydrogen (secondary N) is 1. The Morgan fingerprint density at radius 1 is 1.20 bits per heavy atom. The van der Waals surface area contributed by atoms with Crippen molar-refractivity contribution in [2.75, 3.05) is 12.4 Å². The number of aromatic nitrogens is 3. The van der Waals surface area contributed by atoms with Gasteiger partial charge in [-0.25, -0.2) is 9.67 Å². The standard InChI is InChI=1S/C19H18N4O2/c1-25-17-8-3-2-6-13(17)14-12-15(14)19(24)22-16-7-4-9-20-18(16)23-11-5-10-21-23/h2-11,14-15H,12H2,1H3,(H,22,24)/t14-,15+/m0/s1. The van der Waals surface area contributed by atoms with Gasteiger partial charge in [0.05, 0.1) is 12.8 Å². The van der Waals surface area contributed by atoms with Crippen LogP contribution in [0.4, 0.5) is 5.69 Å². The summed E-state index contributed by atoms with van der Waals surface area (Å²) in [7, 11) is 1.66. The zero-order chi connectivity index (χ0) is 17.2. The Morgan fingerprint density at radius 3 is 2.88 bits per heavy atom. The Bertz CT molecular complexity index is 892. The molecule has 1 fully saturated rings. The number of para-hydroxylation sites is 1. The predicted octanol–water partition coefficient (Wildman–Crippen LogP) is 3.02. The first kappa shape index (κ1) is 15.4. The fourth-order valence-corrected chi connectivity index (χ4v) is 3.10. The van der Waals surface area contributed by atoms with Crippen molar-refractivity contribution in [1.82, 2.24) is 14.8 Å². The molecule has 25 heavy (non-hydrogen) atoms. The Balaban J connectivity index is 1.51. The fraction of sp³-hybridized carbons (Fsp3) is 0.211. The topological polar surface area (TPSA) is 69.0 Å². The molecule has 4 rings (SSSR count). The minimum absolute atomic E-state index is 0.00249. The molecule has 1 amide bonds. The second kappa shape index (κ2) is 6.39. The van der Waals surface area contributed by atoms with Crippen LogP contribution in [0, 0.1) is 5.92 Å². The number of carbonyl (C=O) groups excluding carboxylic acids is 1. The Morgan fingerprint density at radius 2 is 2.08 bits per heavy atom. The lowest BCUT2D eigenvalue weighted by Gasteiger charge is -2.10. The molecule has 1 aliphatic carbocycles. The molecule has 6 nitrogen and oxygen atoms in total. The summed E-state index contributed by atoms with van der Waals surface area (Å²) in [4.78, 5) is 17.0. The molecule has 0 saturated heterocycles. The summed E-state index contributed by atoms with van der Waals surface area (Å²) in [6.07, 6.45) is 5.98. The Hall–Kier alpha value is -3.15. The number of benzene rings is 1. The maximum atomic E-state index is 12.7. The molecule has 0 aliphatic heterocycles. The molecular weight excluding hydrogens is 316 g/mol. The van der Waals surface area contributed by atoms with E-state index in [1.54, 1.807) is 36.4 Å². The van der Waals surface area contributed by atoms with Crippen molar-refractivity contribution in [3.63, 3.8) is 0 Å². The lowest BCUT2D eigenvalue weighted by molar-refractivity contribution is -0.117. The van der Waals surface area contributed by atoms with Gasteiger partial charge in [0, 0.05) is 24.5 Å². The van der Waals surface area contributed by atoms with Gasteiger partial charge in [0.15, 0.2) is 5.82 Å². The van der Waals surface area contributed by atoms with Gasteiger partial charge in [-0.2, -0.15) is 5.10 Å². The lowest BCUT2D eigenvalue weighted by atomic mass is 10.1. The number of carbonyl (C=O) groups is 1. The van der Waals surface area contributed by atoms with E-state index in [4.69, 9.17) is 4.74 Å². The molecule has 1 aromatic carbocycles. The number of amides is 1. The van der Waals surface area contributed by atoms with Gasteiger partial charge in [-0.3, -0.25) is 4.79 Å². The van der Waals surface area contributed by atoms with Gasteiger partial charge >= 0.3 is 0 Å². The molecule has 2 aromatic heterocycles. The van der Waals surface area contributed by atoms with Crippen LogP contribution in [0.5, 0.6) is 5.75 Å². The van der Waals surface area contributed by atoms with Gasteiger partial charge in [0.25, 0.3) is 0 Å². The second-order valence-electron chi connectivity index (χ2n) is 6.01. The number of rotatable bonds is 5. The minimum Gasteiger partial charge on any atom is -0.496 e. The van der Waals surface area contributed by atoms with Crippen molar-refractivity contribution < 1.29 is 9.53 Å². The zero-order valence-corrected chi connectivity index (χ0v) is 13.8. The first-order chi connectivity index (χ1) is 12.3. The number of anilines is 1. The van der Waals surface area contributed by atoms with E-state index in [0.29, 0.717) is 11.5 Å². The van der Waals surface area contributed by atoms with Gasteiger partial charge in [-0.1, -0.05) is 18.2 Å². The Kier molecular flexibility index (Phi) is 3.93. The molecule has 0 unspecified atom stereocenters. The van der Waals surface area contributed by atoms with E-state index in [-0.39, 0.29) is 17.7 Å². The van der Waals surface area contributed by atoms with Gasteiger partial charge in [-0.15, -0.1) is 0 Å². The summed E-state index contributed by atoms with van der Waals surface area (Å²) < 4.78 is 7.05. The number of nitrogens with zero attached hydrogens (tertiary/aromatic N) is 3. The fourth-order valence-electron chi connectivity index (χ4n) is 3.10. The van der Waals surface area contributed by atoms with Crippen molar-refractivity contribution in [3.05, 3.63) is 66.6 Å². The third-order valence-electron chi connectivity index (χ3n) is 4.43. The van der Waals surface area contributed by atoms with Gasteiger partial charge < -0.3 is 10.1 Å². The van der Waals surface area contributed by atoms with Crippen LogP contribution in [0.1, 0.15) is 17.9 Å². The van der Waals surface area contributed by atoms with Gasteiger partial charge in [0.1, 0.15) is 5.75 Å². The molecule has 1 N–H and O–H groups in total. The van der Waals surface area contributed by atoms with Crippen LogP contribution in [0.2, 0.25) is 0 Å². The predicted molar refractivity (Wildman–Crippen MR) is 93.8 cm³/mol. The maximum absolute atomic E-state index is 12.7. The van der Waals surface area contributed by atoms with E-state index in [0.717, 1.165) is 17.7 Å². The molecule has 6 heteroatoms. The van der Waals surface area contributed by atoms with Crippen molar-refractivity contribution in [2.24, 2.45) is 5.92 Å². The van der Waals surface area contributed by atoms with Crippen LogP contribution >= 0.6 is 0 Å². The van der Waals surface area contributed by atoms with Crippen LogP contribution in [-0.2, 0) is 4.79 Å². The van der Waals surface area contributed by atoms with E-state index >= 15 is 0 Å². The van der Waals surface area contributed by atoms with Crippen molar-refractivity contribution in [2.45, 2.75) is 12.3 Å². The highest BCUT2D eigenvalue weighted by atomic mass is 16.5. The van der Waals surface area contributed by atoms with Gasteiger partial charge in [-0.05, 0) is 42.2 Å². The molecular formula is C19H18N4O2. The van der Waals surface area contributed by atoms with Gasteiger partial charge in [0.2, 0.25) is 5.91 Å². The summed E-state index contributed by atoms with van der Waals surface area (Å²) in [5, 5.41) is 7.18. The molecule has 1 saturated carbocycles. The quantitative estimate of drug-likeness (QED) is 0.779. The molecule has 126 valence electrons. The van der Waals surface area contributed by atoms with Crippen LogP contribution < -0.4 is 10.1 Å². The summed E-state index contributed by atoms with van der Waals surface area (Å²) in [6, 6.07) is 13.3. The SMILES string of the molecule is COc1ccccc1[C@@H]1C[C@H]1C(=O)Nc1cccnc1-n1cccn1. The summed E-state index contributed by atoms with van der Waals surface area (Å²) >= 11 is 0. The smallest absolute Gasteiger partial charge is 0.228 e. The normalized spacial score (nSPS) is 18.6. The third-order valence-corrected chi connectivity index (χ3v) is 4.43. The van der Waals surface area contributed by atoms with E-state index in [2.05, 4.69) is 15.4 Å². The molecule has 0 bridgehead atoms. The monoisotopic (exact) mass is 334 g/mol. The van der Waals surface area contributed by atoms with Crippen LogP contribution in [0.3, 0.4) is 0 Å². The van der Waals surface area contributed by atoms with Crippen LogP contribution in [0.15, 0.2) is 61.1 Å². The largest absolute Gasteiger partial charge is 0.496 e. The molecule has 1 aliphatic rings. The van der Waals surface area contributed by atoms with E-state index < -0.39 is 0 Å². The second-order valence-corrected chi connectivity index (χ2v) is 6.01. The van der Waals surface area contributed by atoms with E-state index in [1.807, 2.05) is 36.4 Å². The average molecular weight is 334 g/mol. The van der Waals surface area contributed by atoms with Crippen molar-refractivity contribution in [3.8, 4) is 11.6 Å². The number of methoxy groups -OCH3 is 1. The molecule has 0 spiro atoms. The zero-order valence-electron chi connectivity index (χ0n) is 13.8. The van der Waals surface area contributed by atoms with Crippen LogP contribution in [0.25, 0.3) is 5.82 Å². The first-order valence-electron chi connectivity index (χ1n) is 8.16. The highest BCUT2D eigenvalue weighted by Gasteiger charge is 2.45. The van der Waals surface area contributed by atoms with Crippen molar-refractivity contribution >= 4 is 11.6 Å². The molecule has 3 aromatic rings. The van der Waals surface area contributed by atoms with Crippen molar-refractivity contribution in [1.29, 1.82) is 0 Å². The summed E-state index contributed by atoms with van der Waals surface area (Å²) in [5.41, 5.74) is 1.74. The average Bonchev–Trinajstić information content (AvgIpc) is 3.27. The molecule has 2 heterocycles. The van der Waals surface area contributed by atoms with E-state index in [1.165, 1.54) is 0 Å². The Labute approximate surface area is 145 Å². The number of ether oxygens (including phenoxy) is 1. The first-order valence-corrected chi connectivity index (χ1v) is 8.16. The summed E-state index contributed by atoms with van der Waals surface area (Å²) in [6.45, 7) is 0. The highest BCUT2D eigenvalue weighted by Crippen LogP contribution is 2.50. The highest BCUT2D eigenvalue weighted by molar-refractivity contribution is 5.96.